The number of hydrogen-bond donors (Lipinski definition) is 2. The summed E-state index contributed by atoms with van der Waals surface area (Å²) < 4.78 is 0. The maximum atomic E-state index is 12.3. The number of benzene rings is 1. The number of para-hydroxylation sites is 1. The normalized spacial score (nSPS) is 10.4. The van der Waals surface area contributed by atoms with Crippen molar-refractivity contribution in [1.82, 2.24) is 10.3 Å². The predicted octanol–water partition coefficient (Wildman–Crippen LogP) is 3.41. The first-order chi connectivity index (χ1) is 11.7. The molecule has 3 aromatic rings. The quantitative estimate of drug-likeness (QED) is 0.735. The number of carbonyl (C=O) groups excluding carboxylic acids is 2. The summed E-state index contributed by atoms with van der Waals surface area (Å²) in [5.41, 5.74) is 1.65. The Balaban J connectivity index is 1.70. The lowest BCUT2D eigenvalue weighted by Crippen LogP contribution is -2.22. The number of nitrogens with zero attached hydrogens (tertiary/aromatic N) is 1. The summed E-state index contributed by atoms with van der Waals surface area (Å²) in [7, 11) is 1.56. The van der Waals surface area contributed by atoms with E-state index in [4.69, 9.17) is 0 Å². The van der Waals surface area contributed by atoms with E-state index in [0.29, 0.717) is 11.3 Å². The van der Waals surface area contributed by atoms with Gasteiger partial charge in [-0.25, -0.2) is 4.98 Å². The highest BCUT2D eigenvalue weighted by Crippen LogP contribution is 2.28. The van der Waals surface area contributed by atoms with Crippen molar-refractivity contribution in [3.05, 3.63) is 58.4 Å². The van der Waals surface area contributed by atoms with Crippen LogP contribution in [0.25, 0.3) is 9.88 Å². The molecule has 0 aliphatic carbocycles. The van der Waals surface area contributed by atoms with E-state index in [2.05, 4.69) is 15.6 Å². The van der Waals surface area contributed by atoms with E-state index in [-0.39, 0.29) is 18.2 Å². The van der Waals surface area contributed by atoms with Crippen molar-refractivity contribution in [3.63, 3.8) is 0 Å². The van der Waals surface area contributed by atoms with Gasteiger partial charge in [-0.2, -0.15) is 0 Å². The van der Waals surface area contributed by atoms with E-state index >= 15 is 0 Å². The number of aromatic nitrogens is 1. The third-order valence-corrected chi connectivity index (χ3v) is 5.23. The summed E-state index contributed by atoms with van der Waals surface area (Å²) in [6.45, 7) is 0. The fraction of sp³-hybridized carbons (Fsp3) is 0.118. The molecule has 0 radical (unpaired) electrons. The molecule has 2 amide bonds. The van der Waals surface area contributed by atoms with E-state index in [1.165, 1.54) is 11.3 Å². The molecule has 0 saturated heterocycles. The summed E-state index contributed by atoms with van der Waals surface area (Å²) in [6, 6.07) is 10.9. The highest BCUT2D eigenvalue weighted by molar-refractivity contribution is 7.20. The second-order valence-electron chi connectivity index (χ2n) is 4.97. The summed E-state index contributed by atoms with van der Waals surface area (Å²) >= 11 is 3.14. The van der Waals surface area contributed by atoms with Gasteiger partial charge in [0.25, 0.3) is 5.91 Å². The lowest BCUT2D eigenvalue weighted by Gasteiger charge is -2.09. The average molecular weight is 357 g/mol. The lowest BCUT2D eigenvalue weighted by molar-refractivity contribution is -0.115. The van der Waals surface area contributed by atoms with Crippen LogP contribution in [0.5, 0.6) is 0 Å². The molecule has 1 aromatic carbocycles. The number of rotatable bonds is 5. The van der Waals surface area contributed by atoms with E-state index in [1.807, 2.05) is 22.9 Å². The molecule has 0 saturated carbocycles. The highest BCUT2D eigenvalue weighted by Gasteiger charge is 2.13. The fourth-order valence-corrected chi connectivity index (χ4v) is 3.82. The van der Waals surface area contributed by atoms with Crippen molar-refractivity contribution in [2.75, 3.05) is 12.4 Å². The Labute approximate surface area is 147 Å². The van der Waals surface area contributed by atoms with E-state index in [9.17, 15) is 9.59 Å². The highest BCUT2D eigenvalue weighted by atomic mass is 32.1. The number of nitrogens with one attached hydrogen (secondary N) is 2. The SMILES string of the molecule is CNC(=O)c1ccccc1NC(=O)Cc1csc(-c2cccs2)n1. The molecule has 0 bridgehead atoms. The van der Waals surface area contributed by atoms with Crippen LogP contribution in [-0.4, -0.2) is 23.8 Å². The second-order valence-corrected chi connectivity index (χ2v) is 6.78. The van der Waals surface area contributed by atoms with Gasteiger partial charge in [0, 0.05) is 12.4 Å². The topological polar surface area (TPSA) is 71.1 Å². The zero-order valence-corrected chi connectivity index (χ0v) is 14.5. The van der Waals surface area contributed by atoms with Gasteiger partial charge in [0.2, 0.25) is 5.91 Å². The number of thiophene rings is 1. The van der Waals surface area contributed by atoms with Gasteiger partial charge in [0.1, 0.15) is 5.01 Å². The van der Waals surface area contributed by atoms with Crippen molar-refractivity contribution < 1.29 is 9.59 Å². The van der Waals surface area contributed by atoms with Crippen LogP contribution in [0.3, 0.4) is 0 Å². The molecule has 0 aliphatic heterocycles. The molecule has 0 aliphatic rings. The summed E-state index contributed by atoms with van der Waals surface area (Å²) in [4.78, 5) is 29.7. The van der Waals surface area contributed by atoms with Crippen molar-refractivity contribution in [3.8, 4) is 9.88 Å². The van der Waals surface area contributed by atoms with Gasteiger partial charge in [-0.3, -0.25) is 9.59 Å². The Bertz CT molecular complexity index is 856. The molecule has 2 aromatic heterocycles. The first kappa shape index (κ1) is 16.4. The Morgan fingerprint density at radius 3 is 2.71 bits per heavy atom. The summed E-state index contributed by atoms with van der Waals surface area (Å²) in [6.07, 6.45) is 0.171. The number of hydrogen-bond acceptors (Lipinski definition) is 5. The lowest BCUT2D eigenvalue weighted by atomic mass is 10.1. The summed E-state index contributed by atoms with van der Waals surface area (Å²) in [5.74, 6) is -0.436. The number of anilines is 1. The maximum Gasteiger partial charge on any atom is 0.253 e. The number of amides is 2. The minimum absolute atomic E-state index is 0.171. The largest absolute Gasteiger partial charge is 0.355 e. The molecule has 0 unspecified atom stereocenters. The third-order valence-electron chi connectivity index (χ3n) is 3.30. The minimum atomic E-state index is -0.237. The van der Waals surface area contributed by atoms with Gasteiger partial charge in [0.05, 0.1) is 28.2 Å². The smallest absolute Gasteiger partial charge is 0.253 e. The molecule has 2 heterocycles. The van der Waals surface area contributed by atoms with Crippen molar-refractivity contribution >= 4 is 40.2 Å². The zero-order valence-electron chi connectivity index (χ0n) is 12.9. The monoisotopic (exact) mass is 357 g/mol. The van der Waals surface area contributed by atoms with Crippen LogP contribution in [0.15, 0.2) is 47.2 Å². The minimum Gasteiger partial charge on any atom is -0.355 e. The van der Waals surface area contributed by atoms with Crippen molar-refractivity contribution in [1.29, 1.82) is 0 Å². The van der Waals surface area contributed by atoms with Crippen LogP contribution in [0, 0.1) is 0 Å². The van der Waals surface area contributed by atoms with Crippen LogP contribution in [0.2, 0.25) is 0 Å². The molecule has 2 N–H and O–H groups in total. The van der Waals surface area contributed by atoms with Crippen LogP contribution < -0.4 is 10.6 Å². The standard InChI is InChI=1S/C17H15N3O2S2/c1-18-16(22)12-5-2-3-6-13(12)20-15(21)9-11-10-24-17(19-11)14-7-4-8-23-14/h2-8,10H,9H2,1H3,(H,18,22)(H,20,21). The number of thiazole rings is 1. The molecule has 5 nitrogen and oxygen atoms in total. The Kier molecular flexibility index (Phi) is 5.02. The van der Waals surface area contributed by atoms with Gasteiger partial charge in [-0.1, -0.05) is 18.2 Å². The van der Waals surface area contributed by atoms with E-state index in [0.717, 1.165) is 15.6 Å². The van der Waals surface area contributed by atoms with Gasteiger partial charge in [0.15, 0.2) is 0 Å². The van der Waals surface area contributed by atoms with Crippen LogP contribution in [-0.2, 0) is 11.2 Å². The van der Waals surface area contributed by atoms with Crippen molar-refractivity contribution in [2.24, 2.45) is 0 Å². The van der Waals surface area contributed by atoms with Gasteiger partial charge in [-0.05, 0) is 23.6 Å². The molecular weight excluding hydrogens is 342 g/mol. The van der Waals surface area contributed by atoms with Gasteiger partial charge >= 0.3 is 0 Å². The third kappa shape index (κ3) is 3.69. The van der Waals surface area contributed by atoms with Crippen molar-refractivity contribution in [2.45, 2.75) is 6.42 Å². The van der Waals surface area contributed by atoms with Crippen LogP contribution in [0.4, 0.5) is 5.69 Å². The molecule has 0 fully saturated rings. The molecule has 7 heteroatoms. The Morgan fingerprint density at radius 2 is 1.96 bits per heavy atom. The maximum absolute atomic E-state index is 12.3. The van der Waals surface area contributed by atoms with Gasteiger partial charge < -0.3 is 10.6 Å². The molecule has 24 heavy (non-hydrogen) atoms. The molecule has 122 valence electrons. The first-order valence-corrected chi connectivity index (χ1v) is 9.02. The summed E-state index contributed by atoms with van der Waals surface area (Å²) in [5, 5.41) is 10.2. The molecular formula is C17H15N3O2S2. The molecule has 0 atom stereocenters. The average Bonchev–Trinajstić information content (AvgIpc) is 3.25. The van der Waals surface area contributed by atoms with E-state index < -0.39 is 0 Å². The van der Waals surface area contributed by atoms with Gasteiger partial charge in [-0.15, -0.1) is 22.7 Å². The van der Waals surface area contributed by atoms with Crippen LogP contribution >= 0.6 is 22.7 Å². The molecule has 0 spiro atoms. The first-order valence-electron chi connectivity index (χ1n) is 7.26. The second kappa shape index (κ2) is 7.37. The zero-order chi connectivity index (χ0) is 16.9. The fourth-order valence-electron chi connectivity index (χ4n) is 2.19. The Hall–Kier alpha value is -2.51. The molecule has 3 rings (SSSR count). The van der Waals surface area contributed by atoms with E-state index in [1.54, 1.807) is 42.6 Å². The Morgan fingerprint density at radius 1 is 1.12 bits per heavy atom. The predicted molar refractivity (Wildman–Crippen MR) is 97.6 cm³/mol. The van der Waals surface area contributed by atoms with Crippen LogP contribution in [0.1, 0.15) is 16.1 Å². The number of carbonyl (C=O) groups is 2.